The molecule has 0 atom stereocenters. The van der Waals surface area contributed by atoms with Crippen LogP contribution in [0.15, 0.2) is 46.2 Å². The lowest BCUT2D eigenvalue weighted by atomic mass is 10.1. The molecule has 0 amide bonds. The number of carboxylic acid groups (broad SMARTS) is 2. The Kier molecular flexibility index (Phi) is 5.57. The Labute approximate surface area is 141 Å². The average molecular weight is 350 g/mol. The van der Waals surface area contributed by atoms with Crippen molar-refractivity contribution in [3.63, 3.8) is 0 Å². The van der Waals surface area contributed by atoms with Gasteiger partial charge in [-0.25, -0.2) is 9.59 Å². The second-order valence-corrected chi connectivity index (χ2v) is 6.85. The van der Waals surface area contributed by atoms with E-state index in [4.69, 9.17) is 4.74 Å². The van der Waals surface area contributed by atoms with Gasteiger partial charge >= 0.3 is 11.9 Å². The van der Waals surface area contributed by atoms with Gasteiger partial charge in [-0.3, -0.25) is 0 Å². The van der Waals surface area contributed by atoms with Gasteiger partial charge in [-0.05, 0) is 37.3 Å². The molecule has 2 aromatic rings. The zero-order chi connectivity index (χ0) is 17.0. The van der Waals surface area contributed by atoms with E-state index in [-0.39, 0.29) is 11.1 Å². The third kappa shape index (κ3) is 4.20. The van der Waals surface area contributed by atoms with Crippen LogP contribution in [0.5, 0.6) is 5.75 Å². The molecule has 0 aliphatic carbocycles. The van der Waals surface area contributed by atoms with Crippen LogP contribution in [-0.2, 0) is 0 Å². The third-order valence-electron chi connectivity index (χ3n) is 3.00. The zero-order valence-electron chi connectivity index (χ0n) is 12.4. The predicted molar refractivity (Wildman–Crippen MR) is 89.8 cm³/mol. The molecule has 2 rings (SSSR count). The molecule has 2 N–H and O–H groups in total. The number of ether oxygens (including phenoxy) is 1. The summed E-state index contributed by atoms with van der Waals surface area (Å²) in [5.74, 6) is -1.61. The van der Waals surface area contributed by atoms with Gasteiger partial charge in [0.25, 0.3) is 0 Å². The van der Waals surface area contributed by atoms with Crippen molar-refractivity contribution in [1.29, 1.82) is 0 Å². The van der Waals surface area contributed by atoms with Crippen molar-refractivity contribution in [3.8, 4) is 5.75 Å². The molecule has 0 saturated carbocycles. The Morgan fingerprint density at radius 2 is 1.43 bits per heavy atom. The fourth-order valence-electron chi connectivity index (χ4n) is 1.85. The van der Waals surface area contributed by atoms with Crippen LogP contribution in [-0.4, -0.2) is 29.3 Å². The molecule has 0 aromatic heterocycles. The van der Waals surface area contributed by atoms with Crippen molar-refractivity contribution in [2.45, 2.75) is 16.7 Å². The molecule has 120 valence electrons. The molecule has 2 aromatic carbocycles. The van der Waals surface area contributed by atoms with Crippen molar-refractivity contribution in [3.05, 3.63) is 53.1 Å². The standard InChI is InChI=1S/C16H14O5S2/c1-9-3-5-13(11(7-9)15(17)18)22-23-14-6-4-10(21-2)8-12(14)16(19)20/h3-8H,1-2H3,(H,17,18)(H,19,20). The number of aromatic carboxylic acids is 2. The second kappa shape index (κ2) is 7.43. The van der Waals surface area contributed by atoms with Gasteiger partial charge in [-0.1, -0.05) is 33.2 Å². The number of carboxylic acids is 2. The first-order valence-electron chi connectivity index (χ1n) is 6.52. The van der Waals surface area contributed by atoms with Gasteiger partial charge < -0.3 is 14.9 Å². The summed E-state index contributed by atoms with van der Waals surface area (Å²) < 4.78 is 5.03. The average Bonchev–Trinajstić information content (AvgIpc) is 2.53. The van der Waals surface area contributed by atoms with Crippen LogP contribution >= 0.6 is 21.6 Å². The van der Waals surface area contributed by atoms with Gasteiger partial charge in [0.1, 0.15) is 5.75 Å². The zero-order valence-corrected chi connectivity index (χ0v) is 14.0. The van der Waals surface area contributed by atoms with E-state index in [1.807, 2.05) is 13.0 Å². The molecule has 23 heavy (non-hydrogen) atoms. The van der Waals surface area contributed by atoms with E-state index < -0.39 is 11.9 Å². The highest BCUT2D eigenvalue weighted by Gasteiger charge is 2.15. The third-order valence-corrected chi connectivity index (χ3v) is 5.49. The second-order valence-electron chi connectivity index (χ2n) is 4.64. The number of carbonyl (C=O) groups is 2. The monoisotopic (exact) mass is 350 g/mol. The first-order valence-corrected chi connectivity index (χ1v) is 8.67. The number of benzene rings is 2. The SMILES string of the molecule is COc1ccc(SSc2ccc(C)cc2C(=O)O)c(C(=O)O)c1. The highest BCUT2D eigenvalue weighted by molar-refractivity contribution is 8.76. The fourth-order valence-corrected chi connectivity index (χ4v) is 4.16. The minimum absolute atomic E-state index is 0.117. The molecule has 0 heterocycles. The maximum atomic E-state index is 11.3. The summed E-state index contributed by atoms with van der Waals surface area (Å²) in [5.41, 5.74) is 1.17. The molecule has 0 spiro atoms. The summed E-state index contributed by atoms with van der Waals surface area (Å²) in [6, 6.07) is 9.90. The van der Waals surface area contributed by atoms with Crippen molar-refractivity contribution >= 4 is 33.5 Å². The summed E-state index contributed by atoms with van der Waals surface area (Å²) in [6.45, 7) is 1.82. The highest BCUT2D eigenvalue weighted by Crippen LogP contribution is 2.41. The van der Waals surface area contributed by atoms with Gasteiger partial charge in [-0.2, -0.15) is 0 Å². The summed E-state index contributed by atoms with van der Waals surface area (Å²) in [6.07, 6.45) is 0. The maximum absolute atomic E-state index is 11.3. The molecule has 0 saturated heterocycles. The van der Waals surface area contributed by atoms with Crippen molar-refractivity contribution < 1.29 is 24.5 Å². The summed E-state index contributed by atoms with van der Waals surface area (Å²) >= 11 is 0. The molecular weight excluding hydrogens is 336 g/mol. The van der Waals surface area contributed by atoms with Crippen LogP contribution in [0, 0.1) is 6.92 Å². The highest BCUT2D eigenvalue weighted by atomic mass is 33.1. The first-order chi connectivity index (χ1) is 10.9. The molecule has 0 aliphatic rings. The van der Waals surface area contributed by atoms with E-state index in [0.29, 0.717) is 15.5 Å². The summed E-state index contributed by atoms with van der Waals surface area (Å²) in [7, 11) is 3.88. The lowest BCUT2D eigenvalue weighted by Gasteiger charge is -2.09. The number of hydrogen-bond donors (Lipinski definition) is 2. The fraction of sp³-hybridized carbons (Fsp3) is 0.125. The first kappa shape index (κ1) is 17.2. The normalized spacial score (nSPS) is 10.3. The van der Waals surface area contributed by atoms with Crippen LogP contribution in [0.25, 0.3) is 0 Å². The Bertz CT molecular complexity index is 758. The predicted octanol–water partition coefficient (Wildman–Crippen LogP) is 4.20. The Balaban J connectivity index is 2.28. The number of hydrogen-bond acceptors (Lipinski definition) is 5. The Hall–Kier alpha value is -2.12. The Morgan fingerprint density at radius 3 is 1.96 bits per heavy atom. The molecule has 7 heteroatoms. The minimum atomic E-state index is -1.06. The van der Waals surface area contributed by atoms with Crippen LogP contribution in [0.2, 0.25) is 0 Å². The number of rotatable bonds is 6. The van der Waals surface area contributed by atoms with Gasteiger partial charge in [0, 0.05) is 9.79 Å². The van der Waals surface area contributed by atoms with Crippen LogP contribution < -0.4 is 4.74 Å². The largest absolute Gasteiger partial charge is 0.497 e. The quantitative estimate of drug-likeness (QED) is 0.755. The lowest BCUT2D eigenvalue weighted by Crippen LogP contribution is -2.00. The summed E-state index contributed by atoms with van der Waals surface area (Å²) in [4.78, 5) is 23.8. The van der Waals surface area contributed by atoms with Gasteiger partial charge in [0.05, 0.1) is 18.2 Å². The van der Waals surface area contributed by atoms with Crippen LogP contribution in [0.3, 0.4) is 0 Å². The molecular formula is C16H14O5S2. The molecule has 0 aliphatic heterocycles. The van der Waals surface area contributed by atoms with E-state index in [1.165, 1.54) is 34.8 Å². The smallest absolute Gasteiger partial charge is 0.336 e. The molecule has 0 fully saturated rings. The van der Waals surface area contributed by atoms with E-state index in [9.17, 15) is 19.8 Å². The van der Waals surface area contributed by atoms with Gasteiger partial charge in [0.15, 0.2) is 0 Å². The van der Waals surface area contributed by atoms with Crippen molar-refractivity contribution in [2.75, 3.05) is 7.11 Å². The van der Waals surface area contributed by atoms with Crippen molar-refractivity contribution in [1.82, 2.24) is 0 Å². The van der Waals surface area contributed by atoms with Crippen LogP contribution in [0.1, 0.15) is 26.3 Å². The Morgan fingerprint density at radius 1 is 0.913 bits per heavy atom. The number of aryl methyl sites for hydroxylation is 1. The maximum Gasteiger partial charge on any atom is 0.336 e. The molecule has 5 nitrogen and oxygen atoms in total. The van der Waals surface area contributed by atoms with Crippen LogP contribution in [0.4, 0.5) is 0 Å². The van der Waals surface area contributed by atoms with E-state index >= 15 is 0 Å². The van der Waals surface area contributed by atoms with Gasteiger partial charge in [-0.15, -0.1) is 0 Å². The van der Waals surface area contributed by atoms with E-state index in [2.05, 4.69) is 0 Å². The molecule has 0 radical (unpaired) electrons. The topological polar surface area (TPSA) is 83.8 Å². The molecule has 0 unspecified atom stereocenters. The minimum Gasteiger partial charge on any atom is -0.497 e. The molecule has 0 bridgehead atoms. The lowest BCUT2D eigenvalue weighted by molar-refractivity contribution is 0.0682. The van der Waals surface area contributed by atoms with E-state index in [0.717, 1.165) is 5.56 Å². The van der Waals surface area contributed by atoms with Crippen molar-refractivity contribution in [2.24, 2.45) is 0 Å². The number of methoxy groups -OCH3 is 1. The summed E-state index contributed by atoms with van der Waals surface area (Å²) in [5, 5.41) is 18.6. The van der Waals surface area contributed by atoms with Gasteiger partial charge in [0.2, 0.25) is 0 Å². The van der Waals surface area contributed by atoms with E-state index in [1.54, 1.807) is 24.3 Å².